The summed E-state index contributed by atoms with van der Waals surface area (Å²) in [6.07, 6.45) is 10.3. The van der Waals surface area contributed by atoms with Crippen LogP contribution in [-0.4, -0.2) is 26.2 Å². The van der Waals surface area contributed by atoms with Crippen molar-refractivity contribution in [3.05, 3.63) is 36.7 Å². The molecule has 0 amide bonds. The highest BCUT2D eigenvalue weighted by molar-refractivity contribution is 5.00. The van der Waals surface area contributed by atoms with E-state index >= 15 is 0 Å². The van der Waals surface area contributed by atoms with Crippen LogP contribution in [0.4, 0.5) is 0 Å². The summed E-state index contributed by atoms with van der Waals surface area (Å²) in [5.41, 5.74) is 1.27. The molecule has 0 spiro atoms. The molecule has 1 atom stereocenters. The van der Waals surface area contributed by atoms with Crippen molar-refractivity contribution in [1.29, 1.82) is 0 Å². The Balaban J connectivity index is 0. The van der Waals surface area contributed by atoms with Gasteiger partial charge in [-0.2, -0.15) is 0 Å². The Labute approximate surface area is 145 Å². The van der Waals surface area contributed by atoms with Crippen molar-refractivity contribution < 1.29 is 0 Å². The Hall–Kier alpha value is -1.22. The normalized spacial score (nSPS) is 13.0. The van der Waals surface area contributed by atoms with Gasteiger partial charge in [-0.15, -0.1) is 0 Å². The quantitative estimate of drug-likeness (QED) is 0.388. The molecule has 0 aromatic heterocycles. The first-order chi connectivity index (χ1) is 10.8. The molecule has 0 aliphatic rings. The Kier molecular flexibility index (Phi) is 17.9. The number of hydrogen-bond acceptors (Lipinski definition) is 3. The van der Waals surface area contributed by atoms with E-state index < -0.39 is 0 Å². The third-order valence-corrected chi connectivity index (χ3v) is 3.30. The van der Waals surface area contributed by atoms with E-state index in [4.69, 9.17) is 0 Å². The maximum absolute atomic E-state index is 3.57. The van der Waals surface area contributed by atoms with E-state index in [-0.39, 0.29) is 0 Å². The fraction of sp³-hybridized carbons (Fsp3) is 0.700. The van der Waals surface area contributed by atoms with Crippen LogP contribution in [0.5, 0.6) is 0 Å². The third-order valence-electron chi connectivity index (χ3n) is 3.30. The molecule has 0 bridgehead atoms. The molecular weight excluding hydrogens is 282 g/mol. The van der Waals surface area contributed by atoms with Gasteiger partial charge in [-0.05, 0) is 63.9 Å². The zero-order chi connectivity index (χ0) is 18.1. The van der Waals surface area contributed by atoms with Gasteiger partial charge in [0.15, 0.2) is 0 Å². The summed E-state index contributed by atoms with van der Waals surface area (Å²) in [4.78, 5) is 0. The molecule has 0 aromatic rings. The number of rotatable bonds is 11. The van der Waals surface area contributed by atoms with E-state index in [1.54, 1.807) is 6.08 Å². The number of hydrogen-bond donors (Lipinski definition) is 3. The summed E-state index contributed by atoms with van der Waals surface area (Å²) < 4.78 is 0. The van der Waals surface area contributed by atoms with Crippen molar-refractivity contribution in [2.24, 2.45) is 11.8 Å². The lowest BCUT2D eigenvalue weighted by atomic mass is 10.1. The fourth-order valence-corrected chi connectivity index (χ4v) is 1.67. The van der Waals surface area contributed by atoms with E-state index in [1.807, 2.05) is 19.3 Å². The average Bonchev–Trinajstić information content (AvgIpc) is 2.46. The molecule has 0 radical (unpaired) electrons. The molecule has 3 nitrogen and oxygen atoms in total. The van der Waals surface area contributed by atoms with Crippen LogP contribution in [0.1, 0.15) is 54.4 Å². The monoisotopic (exact) mass is 323 g/mol. The standard InChI is InChI=1S/C11H24N2.C9H17N/c1-9(2)6-7-13-11(4)8-10(3)12-5;1-4-5-7-10-8-6-9(2)3/h8-10,12-13H,6-7H2,1-5H3;4-5,7,9-10H,1,6,8H2,2-3H3/b11-8-;7-5-. The zero-order valence-corrected chi connectivity index (χ0v) is 16.6. The van der Waals surface area contributed by atoms with Crippen molar-refractivity contribution in [1.82, 2.24) is 16.0 Å². The van der Waals surface area contributed by atoms with Crippen LogP contribution in [0.2, 0.25) is 0 Å². The van der Waals surface area contributed by atoms with Gasteiger partial charge in [0, 0.05) is 24.8 Å². The highest BCUT2D eigenvalue weighted by Crippen LogP contribution is 1.98. The maximum atomic E-state index is 3.57. The molecule has 0 aliphatic heterocycles. The van der Waals surface area contributed by atoms with Gasteiger partial charge >= 0.3 is 0 Å². The summed E-state index contributed by atoms with van der Waals surface area (Å²) in [6, 6.07) is 0.451. The largest absolute Gasteiger partial charge is 0.391 e. The first-order valence-corrected chi connectivity index (χ1v) is 8.93. The van der Waals surface area contributed by atoms with Gasteiger partial charge in [0.05, 0.1) is 0 Å². The molecule has 0 aromatic carbocycles. The van der Waals surface area contributed by atoms with Crippen molar-refractivity contribution in [2.45, 2.75) is 60.4 Å². The maximum Gasteiger partial charge on any atom is 0.0238 e. The van der Waals surface area contributed by atoms with E-state index in [0.717, 1.165) is 24.9 Å². The summed E-state index contributed by atoms with van der Waals surface area (Å²) in [5, 5.41) is 9.74. The molecule has 0 heterocycles. The summed E-state index contributed by atoms with van der Waals surface area (Å²) in [5.74, 6) is 1.56. The molecule has 23 heavy (non-hydrogen) atoms. The van der Waals surface area contributed by atoms with E-state index in [2.05, 4.69) is 70.1 Å². The van der Waals surface area contributed by atoms with Crippen LogP contribution in [0.15, 0.2) is 36.7 Å². The van der Waals surface area contributed by atoms with Gasteiger partial charge in [0.2, 0.25) is 0 Å². The van der Waals surface area contributed by atoms with Gasteiger partial charge in [-0.1, -0.05) is 40.3 Å². The Morgan fingerprint density at radius 2 is 1.57 bits per heavy atom. The predicted octanol–water partition coefficient (Wildman–Crippen LogP) is 4.46. The summed E-state index contributed by atoms with van der Waals surface area (Å²) in [6.45, 7) is 18.9. The molecule has 0 aliphatic carbocycles. The van der Waals surface area contributed by atoms with Gasteiger partial charge < -0.3 is 16.0 Å². The first kappa shape index (κ1) is 24.0. The first-order valence-electron chi connectivity index (χ1n) is 8.93. The van der Waals surface area contributed by atoms with Crippen molar-refractivity contribution in [3.63, 3.8) is 0 Å². The van der Waals surface area contributed by atoms with Crippen LogP contribution < -0.4 is 16.0 Å². The summed E-state index contributed by atoms with van der Waals surface area (Å²) in [7, 11) is 1.97. The Bertz CT molecular complexity index is 317. The predicted molar refractivity (Wildman–Crippen MR) is 107 cm³/mol. The second-order valence-electron chi connectivity index (χ2n) is 6.77. The summed E-state index contributed by atoms with van der Waals surface area (Å²) >= 11 is 0. The molecular formula is C20H41N3. The van der Waals surface area contributed by atoms with E-state index in [0.29, 0.717) is 6.04 Å². The fourth-order valence-electron chi connectivity index (χ4n) is 1.67. The molecule has 3 heteroatoms. The van der Waals surface area contributed by atoms with Gasteiger partial charge in [0.1, 0.15) is 0 Å². The number of nitrogens with one attached hydrogen (secondary N) is 3. The number of allylic oxidation sites excluding steroid dienone is 3. The molecule has 3 N–H and O–H groups in total. The lowest BCUT2D eigenvalue weighted by Crippen LogP contribution is -2.22. The molecule has 136 valence electrons. The van der Waals surface area contributed by atoms with Crippen LogP contribution in [0.25, 0.3) is 0 Å². The van der Waals surface area contributed by atoms with Crippen molar-refractivity contribution in [3.8, 4) is 0 Å². The van der Waals surface area contributed by atoms with E-state index in [1.165, 1.54) is 18.5 Å². The van der Waals surface area contributed by atoms with Crippen LogP contribution in [-0.2, 0) is 0 Å². The minimum absolute atomic E-state index is 0.451. The second-order valence-corrected chi connectivity index (χ2v) is 6.77. The highest BCUT2D eigenvalue weighted by atomic mass is 14.9. The number of likely N-dealkylation sites (N-methyl/N-ethyl adjacent to an activating group) is 1. The Morgan fingerprint density at radius 1 is 1.00 bits per heavy atom. The van der Waals surface area contributed by atoms with Gasteiger partial charge in [0.25, 0.3) is 0 Å². The van der Waals surface area contributed by atoms with Crippen LogP contribution in [0, 0.1) is 11.8 Å². The highest BCUT2D eigenvalue weighted by Gasteiger charge is 1.95. The van der Waals surface area contributed by atoms with Gasteiger partial charge in [-0.3, -0.25) is 0 Å². The van der Waals surface area contributed by atoms with Crippen LogP contribution >= 0.6 is 0 Å². The molecule has 0 rings (SSSR count). The SMILES string of the molecule is C=C/C=C\NCCC(C)C.CNC(C)/C=C(/C)NCCC(C)C. The lowest BCUT2D eigenvalue weighted by Gasteiger charge is -2.10. The van der Waals surface area contributed by atoms with Gasteiger partial charge in [-0.25, -0.2) is 0 Å². The van der Waals surface area contributed by atoms with Crippen molar-refractivity contribution >= 4 is 0 Å². The molecule has 0 saturated carbocycles. The van der Waals surface area contributed by atoms with Crippen LogP contribution in [0.3, 0.4) is 0 Å². The molecule has 0 fully saturated rings. The second kappa shape index (κ2) is 17.1. The topological polar surface area (TPSA) is 36.1 Å². The van der Waals surface area contributed by atoms with Crippen molar-refractivity contribution in [2.75, 3.05) is 20.1 Å². The minimum atomic E-state index is 0.451. The molecule has 0 saturated heterocycles. The minimum Gasteiger partial charge on any atom is -0.391 e. The van der Waals surface area contributed by atoms with E-state index in [9.17, 15) is 0 Å². The average molecular weight is 324 g/mol. The smallest absolute Gasteiger partial charge is 0.0238 e. The molecule has 1 unspecified atom stereocenters. The zero-order valence-electron chi connectivity index (χ0n) is 16.6. The Morgan fingerprint density at radius 3 is 2.04 bits per heavy atom. The lowest BCUT2D eigenvalue weighted by molar-refractivity contribution is 0.561. The third kappa shape index (κ3) is 23.2.